The summed E-state index contributed by atoms with van der Waals surface area (Å²) in [5.41, 5.74) is 8.86. The van der Waals surface area contributed by atoms with E-state index < -0.39 is 0 Å². The zero-order chi connectivity index (χ0) is 11.9. The lowest BCUT2D eigenvalue weighted by molar-refractivity contribution is 1.25. The summed E-state index contributed by atoms with van der Waals surface area (Å²) in [5, 5.41) is 0. The summed E-state index contributed by atoms with van der Waals surface area (Å²) >= 11 is 0. The Morgan fingerprint density at radius 2 is 1.50 bits per heavy atom. The Kier molecular flexibility index (Phi) is 2.04. The summed E-state index contributed by atoms with van der Waals surface area (Å²) in [6.45, 7) is 0. The Hall–Kier alpha value is -2.08. The molecule has 0 amide bonds. The van der Waals surface area contributed by atoms with E-state index >= 15 is 0 Å². The molecule has 18 heavy (non-hydrogen) atoms. The maximum Gasteiger partial charge on any atom is -0.00108 e. The highest BCUT2D eigenvalue weighted by Gasteiger charge is 2.25. The van der Waals surface area contributed by atoms with Crippen molar-refractivity contribution in [3.05, 3.63) is 82.9 Å². The van der Waals surface area contributed by atoms with Crippen LogP contribution in [-0.2, 0) is 6.42 Å². The fourth-order valence-electron chi connectivity index (χ4n) is 3.09. The molecule has 2 aliphatic rings. The van der Waals surface area contributed by atoms with E-state index in [4.69, 9.17) is 0 Å². The molecule has 4 rings (SSSR count). The highest BCUT2D eigenvalue weighted by Crippen LogP contribution is 2.44. The number of allylic oxidation sites excluding steroid dienone is 4. The predicted octanol–water partition coefficient (Wildman–Crippen LogP) is 4.48. The quantitative estimate of drug-likeness (QED) is 0.677. The molecule has 0 saturated carbocycles. The zero-order valence-electron chi connectivity index (χ0n) is 10.2. The standard InChI is InChI=1S/C18H14/c1-2-6-13(7-3-1)15-11-16-10-14-8-4-5-9-17(14)18(16)12-15/h1-9,11H,10,12H2. The minimum atomic E-state index is 1.09. The maximum atomic E-state index is 2.39. The number of fused-ring (bicyclic) bond motifs is 2. The molecule has 0 N–H and O–H groups in total. The van der Waals surface area contributed by atoms with E-state index in [1.165, 1.54) is 27.8 Å². The van der Waals surface area contributed by atoms with Gasteiger partial charge in [0.25, 0.3) is 0 Å². The molecule has 0 atom stereocenters. The molecule has 2 aliphatic carbocycles. The largest absolute Gasteiger partial charge is 0.0622 e. The first-order valence-corrected chi connectivity index (χ1v) is 6.48. The minimum Gasteiger partial charge on any atom is -0.0622 e. The van der Waals surface area contributed by atoms with Crippen molar-refractivity contribution >= 4 is 11.1 Å². The average molecular weight is 230 g/mol. The molecule has 0 heterocycles. The van der Waals surface area contributed by atoms with E-state index in [2.05, 4.69) is 60.7 Å². The summed E-state index contributed by atoms with van der Waals surface area (Å²) in [5.74, 6) is 0. The van der Waals surface area contributed by atoms with Gasteiger partial charge in [-0.2, -0.15) is 0 Å². The normalized spacial score (nSPS) is 16.6. The van der Waals surface area contributed by atoms with Gasteiger partial charge in [-0.3, -0.25) is 0 Å². The molecule has 0 unspecified atom stereocenters. The smallest absolute Gasteiger partial charge is 0.00108 e. The van der Waals surface area contributed by atoms with E-state index in [1.807, 2.05) is 0 Å². The first-order valence-electron chi connectivity index (χ1n) is 6.48. The van der Waals surface area contributed by atoms with Crippen molar-refractivity contribution in [3.8, 4) is 0 Å². The van der Waals surface area contributed by atoms with Gasteiger partial charge in [-0.1, -0.05) is 60.7 Å². The molecule has 0 saturated heterocycles. The van der Waals surface area contributed by atoms with Gasteiger partial charge in [-0.25, -0.2) is 0 Å². The molecule has 0 bridgehead atoms. The van der Waals surface area contributed by atoms with Crippen molar-refractivity contribution in [2.75, 3.05) is 0 Å². The van der Waals surface area contributed by atoms with E-state index in [1.54, 1.807) is 5.57 Å². The molecule has 0 aromatic heterocycles. The summed E-state index contributed by atoms with van der Waals surface area (Å²) < 4.78 is 0. The van der Waals surface area contributed by atoms with Gasteiger partial charge in [0.1, 0.15) is 0 Å². The van der Waals surface area contributed by atoms with Gasteiger partial charge in [0, 0.05) is 0 Å². The highest BCUT2D eigenvalue weighted by molar-refractivity contribution is 5.93. The lowest BCUT2D eigenvalue weighted by atomic mass is 9.97. The van der Waals surface area contributed by atoms with Crippen LogP contribution in [0.5, 0.6) is 0 Å². The third-order valence-electron chi connectivity index (χ3n) is 3.97. The number of rotatable bonds is 1. The fourth-order valence-corrected chi connectivity index (χ4v) is 3.09. The maximum absolute atomic E-state index is 2.39. The van der Waals surface area contributed by atoms with Gasteiger partial charge < -0.3 is 0 Å². The third kappa shape index (κ3) is 1.39. The van der Waals surface area contributed by atoms with E-state index in [9.17, 15) is 0 Å². The number of hydrogen-bond acceptors (Lipinski definition) is 0. The van der Waals surface area contributed by atoms with Crippen LogP contribution in [-0.4, -0.2) is 0 Å². The Balaban J connectivity index is 1.71. The van der Waals surface area contributed by atoms with Gasteiger partial charge in [0.15, 0.2) is 0 Å². The first kappa shape index (κ1) is 9.90. The van der Waals surface area contributed by atoms with Crippen LogP contribution >= 0.6 is 0 Å². The lowest BCUT2D eigenvalue weighted by Gasteiger charge is -2.07. The van der Waals surface area contributed by atoms with Crippen molar-refractivity contribution in [3.63, 3.8) is 0 Å². The number of benzene rings is 2. The van der Waals surface area contributed by atoms with Gasteiger partial charge in [-0.15, -0.1) is 0 Å². The Bertz CT molecular complexity index is 672. The highest BCUT2D eigenvalue weighted by atomic mass is 14.3. The van der Waals surface area contributed by atoms with E-state index in [0.717, 1.165) is 12.8 Å². The summed E-state index contributed by atoms with van der Waals surface area (Å²) in [4.78, 5) is 0. The van der Waals surface area contributed by atoms with Gasteiger partial charge >= 0.3 is 0 Å². The minimum absolute atomic E-state index is 1.09. The third-order valence-corrected chi connectivity index (χ3v) is 3.97. The topological polar surface area (TPSA) is 0 Å². The van der Waals surface area contributed by atoms with Crippen LogP contribution < -0.4 is 0 Å². The van der Waals surface area contributed by atoms with Crippen LogP contribution in [0.4, 0.5) is 0 Å². The number of hydrogen-bond donors (Lipinski definition) is 0. The molecule has 2 aromatic carbocycles. The summed E-state index contributed by atoms with van der Waals surface area (Å²) in [7, 11) is 0. The second-order valence-electron chi connectivity index (χ2n) is 5.05. The Morgan fingerprint density at radius 3 is 2.39 bits per heavy atom. The van der Waals surface area contributed by atoms with Crippen molar-refractivity contribution in [2.45, 2.75) is 12.8 Å². The zero-order valence-corrected chi connectivity index (χ0v) is 10.2. The van der Waals surface area contributed by atoms with Crippen molar-refractivity contribution in [2.24, 2.45) is 0 Å². The monoisotopic (exact) mass is 230 g/mol. The molecule has 0 nitrogen and oxygen atoms in total. The second kappa shape index (κ2) is 3.71. The van der Waals surface area contributed by atoms with Crippen molar-refractivity contribution in [1.29, 1.82) is 0 Å². The molecule has 0 spiro atoms. The molecular weight excluding hydrogens is 216 g/mol. The Labute approximate surface area is 107 Å². The van der Waals surface area contributed by atoms with Crippen LogP contribution in [0, 0.1) is 0 Å². The molecular formula is C18H14. The average Bonchev–Trinajstić information content (AvgIpc) is 2.97. The van der Waals surface area contributed by atoms with E-state index in [-0.39, 0.29) is 0 Å². The van der Waals surface area contributed by atoms with E-state index in [0.29, 0.717) is 0 Å². The molecule has 0 aliphatic heterocycles. The van der Waals surface area contributed by atoms with Crippen LogP contribution in [0.3, 0.4) is 0 Å². The Morgan fingerprint density at radius 1 is 0.722 bits per heavy atom. The molecule has 0 fully saturated rings. The van der Waals surface area contributed by atoms with Gasteiger partial charge in [0.2, 0.25) is 0 Å². The summed E-state index contributed by atoms with van der Waals surface area (Å²) in [6, 6.07) is 19.5. The predicted molar refractivity (Wildman–Crippen MR) is 76.1 cm³/mol. The lowest BCUT2D eigenvalue weighted by Crippen LogP contribution is -1.87. The molecule has 0 radical (unpaired) electrons. The molecule has 0 heteroatoms. The van der Waals surface area contributed by atoms with Crippen LogP contribution in [0.1, 0.15) is 23.1 Å². The fraction of sp³-hybridized carbons (Fsp3) is 0.111. The summed E-state index contributed by atoms with van der Waals surface area (Å²) in [6.07, 6.45) is 4.60. The van der Waals surface area contributed by atoms with Gasteiger partial charge in [-0.05, 0) is 46.3 Å². The first-order chi connectivity index (χ1) is 8.92. The van der Waals surface area contributed by atoms with Crippen LogP contribution in [0.25, 0.3) is 11.1 Å². The second-order valence-corrected chi connectivity index (χ2v) is 5.05. The van der Waals surface area contributed by atoms with Crippen molar-refractivity contribution in [1.82, 2.24) is 0 Å². The van der Waals surface area contributed by atoms with Crippen LogP contribution in [0.15, 0.2) is 66.2 Å². The van der Waals surface area contributed by atoms with Gasteiger partial charge in [0.05, 0.1) is 0 Å². The SMILES string of the molecule is C1=C(c2ccccc2)CC2=C1Cc1ccccc12. The molecule has 2 aromatic rings. The van der Waals surface area contributed by atoms with Crippen molar-refractivity contribution < 1.29 is 0 Å². The molecule has 86 valence electrons. The van der Waals surface area contributed by atoms with Crippen LogP contribution in [0.2, 0.25) is 0 Å².